The van der Waals surface area contributed by atoms with Gasteiger partial charge in [-0.3, -0.25) is 9.59 Å². The van der Waals surface area contributed by atoms with E-state index in [2.05, 4.69) is 15.3 Å². The highest BCUT2D eigenvalue weighted by atomic mass is 32.1. The summed E-state index contributed by atoms with van der Waals surface area (Å²) in [7, 11) is 0. The number of rotatable bonds is 4. The van der Waals surface area contributed by atoms with Crippen LogP contribution in [0.2, 0.25) is 0 Å². The van der Waals surface area contributed by atoms with Crippen LogP contribution >= 0.6 is 11.3 Å². The van der Waals surface area contributed by atoms with Crippen molar-refractivity contribution < 1.29 is 9.90 Å². The first-order valence-electron chi connectivity index (χ1n) is 7.27. The molecule has 0 unspecified atom stereocenters. The van der Waals surface area contributed by atoms with Gasteiger partial charge in [-0.15, -0.1) is 11.3 Å². The van der Waals surface area contributed by atoms with Crippen LogP contribution in [0.5, 0.6) is 5.75 Å². The van der Waals surface area contributed by atoms with Crippen LogP contribution in [0.4, 0.5) is 0 Å². The first-order chi connectivity index (χ1) is 11.6. The van der Waals surface area contributed by atoms with E-state index in [-0.39, 0.29) is 5.91 Å². The van der Waals surface area contributed by atoms with Crippen molar-refractivity contribution in [3.8, 4) is 16.3 Å². The minimum Gasteiger partial charge on any atom is -0.503 e. The molecule has 0 radical (unpaired) electrons. The van der Waals surface area contributed by atoms with E-state index in [1.807, 2.05) is 30.3 Å². The van der Waals surface area contributed by atoms with Gasteiger partial charge in [0.15, 0.2) is 5.75 Å². The normalized spacial score (nSPS) is 10.5. The topological polar surface area (TPSA) is 95.1 Å². The molecule has 2 aromatic heterocycles. The maximum atomic E-state index is 12.4. The molecule has 3 aromatic rings. The first-order valence-corrected chi connectivity index (χ1v) is 8.08. The molecule has 3 N–H and O–H groups in total. The second-order valence-electron chi connectivity index (χ2n) is 5.17. The highest BCUT2D eigenvalue weighted by molar-refractivity contribution is 7.17. The van der Waals surface area contributed by atoms with E-state index in [4.69, 9.17) is 0 Å². The number of benzene rings is 1. The van der Waals surface area contributed by atoms with Crippen molar-refractivity contribution in [1.29, 1.82) is 0 Å². The van der Waals surface area contributed by atoms with Gasteiger partial charge in [0.05, 0.1) is 11.3 Å². The van der Waals surface area contributed by atoms with Gasteiger partial charge in [0, 0.05) is 12.7 Å². The molecule has 0 aliphatic heterocycles. The Morgan fingerprint density at radius 3 is 2.79 bits per heavy atom. The van der Waals surface area contributed by atoms with Gasteiger partial charge in [-0.2, -0.15) is 0 Å². The molecule has 1 aromatic carbocycles. The third-order valence-corrected chi connectivity index (χ3v) is 4.65. The molecule has 0 saturated carbocycles. The van der Waals surface area contributed by atoms with Crippen LogP contribution in [0.15, 0.2) is 47.4 Å². The molecule has 0 aliphatic rings. The van der Waals surface area contributed by atoms with Gasteiger partial charge in [0.1, 0.15) is 9.88 Å². The monoisotopic (exact) mass is 341 g/mol. The molecule has 122 valence electrons. The van der Waals surface area contributed by atoms with Gasteiger partial charge in [-0.25, -0.2) is 4.98 Å². The molecular formula is C17H15N3O3S. The van der Waals surface area contributed by atoms with E-state index in [1.165, 1.54) is 6.20 Å². The van der Waals surface area contributed by atoms with E-state index in [9.17, 15) is 14.7 Å². The van der Waals surface area contributed by atoms with E-state index in [0.29, 0.717) is 27.7 Å². The smallest absolute Gasteiger partial charge is 0.290 e. The third-order valence-electron chi connectivity index (χ3n) is 3.46. The molecule has 24 heavy (non-hydrogen) atoms. The van der Waals surface area contributed by atoms with E-state index in [1.54, 1.807) is 13.0 Å². The number of hydrogen-bond donors (Lipinski definition) is 3. The average molecular weight is 341 g/mol. The Labute approximate surface area is 141 Å². The molecule has 0 fully saturated rings. The van der Waals surface area contributed by atoms with Gasteiger partial charge in [0.2, 0.25) is 0 Å². The van der Waals surface area contributed by atoms with Crippen molar-refractivity contribution in [1.82, 2.24) is 15.3 Å². The molecule has 0 saturated heterocycles. The number of hydrogen-bond acceptors (Lipinski definition) is 5. The van der Waals surface area contributed by atoms with Crippen molar-refractivity contribution in [2.75, 3.05) is 0 Å². The number of nitrogens with one attached hydrogen (secondary N) is 2. The number of H-pyrrole nitrogens is 1. The number of aromatic nitrogens is 2. The summed E-state index contributed by atoms with van der Waals surface area (Å²) in [5, 5.41) is 13.1. The molecule has 1 amide bonds. The summed E-state index contributed by atoms with van der Waals surface area (Å²) in [4.78, 5) is 31.0. The minimum absolute atomic E-state index is 0.232. The summed E-state index contributed by atoms with van der Waals surface area (Å²) in [6.07, 6.45) is 1.43. The number of aromatic amines is 1. The molecule has 6 nitrogen and oxygen atoms in total. The quantitative estimate of drug-likeness (QED) is 0.679. The Kier molecular flexibility index (Phi) is 4.43. The van der Waals surface area contributed by atoms with Crippen LogP contribution in [0, 0.1) is 6.92 Å². The molecule has 0 atom stereocenters. The fourth-order valence-corrected chi connectivity index (χ4v) is 3.23. The summed E-state index contributed by atoms with van der Waals surface area (Å²) >= 11 is 1.14. The van der Waals surface area contributed by atoms with Gasteiger partial charge < -0.3 is 15.4 Å². The maximum Gasteiger partial charge on any atom is 0.290 e. The first kappa shape index (κ1) is 15.9. The maximum absolute atomic E-state index is 12.4. The predicted octanol–water partition coefficient (Wildman–Crippen LogP) is 2.44. The van der Waals surface area contributed by atoms with Gasteiger partial charge in [-0.05, 0) is 18.6 Å². The van der Waals surface area contributed by atoms with E-state index >= 15 is 0 Å². The number of nitrogens with zero attached hydrogens (tertiary/aromatic N) is 1. The highest BCUT2D eigenvalue weighted by Gasteiger charge is 2.18. The molecule has 0 aliphatic carbocycles. The van der Waals surface area contributed by atoms with Crippen LogP contribution in [0.1, 0.15) is 20.9 Å². The second-order valence-corrected chi connectivity index (χ2v) is 6.17. The number of aromatic hydroxyl groups is 1. The van der Waals surface area contributed by atoms with Crippen molar-refractivity contribution in [3.63, 3.8) is 0 Å². The fourth-order valence-electron chi connectivity index (χ4n) is 2.22. The Morgan fingerprint density at radius 2 is 2.04 bits per heavy atom. The lowest BCUT2D eigenvalue weighted by Gasteiger charge is -2.03. The fraction of sp³-hybridized carbons (Fsp3) is 0.118. The van der Waals surface area contributed by atoms with Crippen molar-refractivity contribution in [3.05, 3.63) is 69.1 Å². The highest BCUT2D eigenvalue weighted by Crippen LogP contribution is 2.31. The summed E-state index contributed by atoms with van der Waals surface area (Å²) in [6, 6.07) is 11.2. The Bertz CT molecular complexity index is 932. The summed E-state index contributed by atoms with van der Waals surface area (Å²) in [6.45, 7) is 2.14. The van der Waals surface area contributed by atoms with Crippen LogP contribution in [-0.4, -0.2) is 21.0 Å². The third kappa shape index (κ3) is 3.21. The molecule has 0 spiro atoms. The number of thiazole rings is 1. The molecule has 2 heterocycles. The summed E-state index contributed by atoms with van der Waals surface area (Å²) in [5.74, 6) is -0.632. The zero-order chi connectivity index (χ0) is 17.1. The average Bonchev–Trinajstić information content (AvgIpc) is 2.98. The molecule has 7 heteroatoms. The standard InChI is InChI=1S/C17H15N3O3S/c1-10-14(16(23)19-9-11-5-3-2-4-6-11)24-17(20-10)12-7-8-18-15(22)13(12)21/h2-8,21H,9H2,1H3,(H,18,22)(H,19,23). The molecular weight excluding hydrogens is 326 g/mol. The SMILES string of the molecule is Cc1nc(-c2cc[nH]c(=O)c2O)sc1C(=O)NCc1ccccc1. The van der Waals surface area contributed by atoms with Crippen LogP contribution in [0.25, 0.3) is 10.6 Å². The van der Waals surface area contributed by atoms with Gasteiger partial charge in [0.25, 0.3) is 11.5 Å². The summed E-state index contributed by atoms with van der Waals surface area (Å²) < 4.78 is 0. The van der Waals surface area contributed by atoms with Crippen LogP contribution in [0.3, 0.4) is 0 Å². The van der Waals surface area contributed by atoms with Crippen LogP contribution in [-0.2, 0) is 6.54 Å². The van der Waals surface area contributed by atoms with Crippen molar-refractivity contribution in [2.24, 2.45) is 0 Å². The lowest BCUT2D eigenvalue weighted by molar-refractivity contribution is 0.0954. The lowest BCUT2D eigenvalue weighted by Crippen LogP contribution is -2.22. The Morgan fingerprint density at radius 1 is 1.29 bits per heavy atom. The number of carbonyl (C=O) groups is 1. The van der Waals surface area contributed by atoms with E-state index < -0.39 is 11.3 Å². The predicted molar refractivity (Wildman–Crippen MR) is 92.2 cm³/mol. The zero-order valence-corrected chi connectivity index (χ0v) is 13.7. The van der Waals surface area contributed by atoms with Crippen molar-refractivity contribution >= 4 is 17.2 Å². The zero-order valence-electron chi connectivity index (χ0n) is 12.9. The lowest BCUT2D eigenvalue weighted by atomic mass is 10.2. The summed E-state index contributed by atoms with van der Waals surface area (Å²) in [5.41, 5.74) is 1.28. The van der Waals surface area contributed by atoms with Crippen molar-refractivity contribution in [2.45, 2.75) is 13.5 Å². The van der Waals surface area contributed by atoms with Crippen LogP contribution < -0.4 is 10.9 Å². The number of carbonyl (C=O) groups excluding carboxylic acids is 1. The number of pyridine rings is 1. The Balaban J connectivity index is 1.82. The number of amides is 1. The molecule has 0 bridgehead atoms. The van der Waals surface area contributed by atoms with Gasteiger partial charge >= 0.3 is 0 Å². The van der Waals surface area contributed by atoms with Gasteiger partial charge in [-0.1, -0.05) is 30.3 Å². The Hall–Kier alpha value is -2.93. The van der Waals surface area contributed by atoms with E-state index in [0.717, 1.165) is 16.9 Å². The largest absolute Gasteiger partial charge is 0.503 e. The minimum atomic E-state index is -0.588. The molecule has 3 rings (SSSR count). The second kappa shape index (κ2) is 6.67. The number of aryl methyl sites for hydroxylation is 1.